The van der Waals surface area contributed by atoms with E-state index in [1.807, 2.05) is 67.6 Å². The molecule has 4 nitrogen and oxygen atoms in total. The van der Waals surface area contributed by atoms with Crippen molar-refractivity contribution in [2.75, 3.05) is 6.54 Å². The van der Waals surface area contributed by atoms with Crippen LogP contribution in [0.3, 0.4) is 0 Å². The van der Waals surface area contributed by atoms with Crippen molar-refractivity contribution in [3.63, 3.8) is 0 Å². The Morgan fingerprint density at radius 3 is 1.95 bits per heavy atom. The molecule has 37 heavy (non-hydrogen) atoms. The number of rotatable bonds is 11. The van der Waals surface area contributed by atoms with Gasteiger partial charge in [-0.25, -0.2) is 8.42 Å². The van der Waals surface area contributed by atoms with Crippen molar-refractivity contribution >= 4 is 10.0 Å². The van der Waals surface area contributed by atoms with Gasteiger partial charge in [-0.15, -0.1) is 18.6 Å². The van der Waals surface area contributed by atoms with E-state index in [0.29, 0.717) is 6.54 Å². The summed E-state index contributed by atoms with van der Waals surface area (Å²) < 4.78 is 31.1. The Hall–Kier alpha value is -2.70. The van der Waals surface area contributed by atoms with Gasteiger partial charge >= 0.3 is 19.5 Å². The molecule has 0 aromatic heterocycles. The summed E-state index contributed by atoms with van der Waals surface area (Å²) in [6.07, 6.45) is 1.48. The molecule has 0 aliphatic carbocycles. The molecule has 0 unspecified atom stereocenters. The second-order valence-corrected chi connectivity index (χ2v) is 9.85. The molecule has 188 valence electrons. The van der Waals surface area contributed by atoms with Gasteiger partial charge in [0, 0.05) is 10.5 Å². The second kappa shape index (κ2) is 14.9. The van der Waals surface area contributed by atoms with Gasteiger partial charge in [-0.2, -0.15) is 0 Å². The average molecular weight is 614 g/mol. The molecule has 0 N–H and O–H groups in total. The van der Waals surface area contributed by atoms with Crippen LogP contribution in [0, 0.1) is 37.3 Å². The van der Waals surface area contributed by atoms with Crippen LogP contribution in [0.15, 0.2) is 89.8 Å². The molecular formula is C30H25ClN2O2RuS. The maximum absolute atomic E-state index is 13.4. The van der Waals surface area contributed by atoms with Crippen LogP contribution in [0.5, 0.6) is 0 Å². The van der Waals surface area contributed by atoms with Gasteiger partial charge < -0.3 is 22.4 Å². The summed E-state index contributed by atoms with van der Waals surface area (Å²) in [5, 5.41) is 4.96. The van der Waals surface area contributed by atoms with Crippen molar-refractivity contribution < 1.29 is 40.3 Å². The molecule has 2 atom stereocenters. The van der Waals surface area contributed by atoms with E-state index in [1.54, 1.807) is 24.3 Å². The fraction of sp³-hybridized carbons (Fsp3) is 0.200. The van der Waals surface area contributed by atoms with Crippen LogP contribution in [-0.2, 0) is 35.9 Å². The van der Waals surface area contributed by atoms with Crippen LogP contribution >= 0.6 is 0 Å². The van der Waals surface area contributed by atoms with E-state index in [-0.39, 0.29) is 36.8 Å². The van der Waals surface area contributed by atoms with Crippen molar-refractivity contribution in [1.29, 1.82) is 0 Å². The van der Waals surface area contributed by atoms with Gasteiger partial charge in [0.1, 0.15) is 10.0 Å². The van der Waals surface area contributed by atoms with E-state index in [9.17, 15) is 8.42 Å². The summed E-state index contributed by atoms with van der Waals surface area (Å²) in [6.45, 7) is 2.45. The average Bonchev–Trinajstić information content (AvgIpc) is 2.89. The predicted octanol–water partition coefficient (Wildman–Crippen LogP) is 3.55. The molecule has 0 heterocycles. The molecule has 0 aliphatic heterocycles. The third kappa shape index (κ3) is 8.68. The van der Waals surface area contributed by atoms with E-state index in [2.05, 4.69) is 35.1 Å². The monoisotopic (exact) mass is 614 g/mol. The Morgan fingerprint density at radius 2 is 1.38 bits per heavy atom. The molecule has 2 radical (unpaired) electrons. The van der Waals surface area contributed by atoms with Gasteiger partial charge in [-0.05, 0) is 37.6 Å². The minimum atomic E-state index is -3.91. The minimum Gasteiger partial charge on any atom is -1.00 e. The van der Waals surface area contributed by atoms with Gasteiger partial charge in [0.05, 0.1) is 6.07 Å². The first-order valence-electron chi connectivity index (χ1n) is 11.5. The van der Waals surface area contributed by atoms with Gasteiger partial charge in [0.25, 0.3) is 0 Å². The Morgan fingerprint density at radius 1 is 0.784 bits per heavy atom. The fourth-order valence-electron chi connectivity index (χ4n) is 3.80. The van der Waals surface area contributed by atoms with Crippen molar-refractivity contribution in [1.82, 2.24) is 0 Å². The maximum atomic E-state index is 13.4. The zero-order valence-electron chi connectivity index (χ0n) is 20.2. The number of hydrogen-bond donors (Lipinski definition) is 0. The molecule has 0 spiro atoms. The zero-order valence-corrected chi connectivity index (χ0v) is 23.5. The molecule has 4 rings (SSSR count). The normalized spacial score (nSPS) is 12.1. The summed E-state index contributed by atoms with van der Waals surface area (Å²) in [4.78, 5) is 0.176. The summed E-state index contributed by atoms with van der Waals surface area (Å²) in [5.74, 6) is 0. The summed E-state index contributed by atoms with van der Waals surface area (Å²) >= 11 is 0. The Balaban J connectivity index is 0.00000241. The minimum absolute atomic E-state index is 0. The number of aryl methyl sites for hydroxylation is 2. The topological polar surface area (TPSA) is 62.3 Å². The molecule has 0 bridgehead atoms. The third-order valence-corrected chi connectivity index (χ3v) is 6.99. The Labute approximate surface area is 240 Å². The number of halogens is 1. The summed E-state index contributed by atoms with van der Waals surface area (Å²) in [7, 11) is -3.91. The second-order valence-electron chi connectivity index (χ2n) is 8.22. The quantitative estimate of drug-likeness (QED) is 0.192. The van der Waals surface area contributed by atoms with Gasteiger partial charge in [0.2, 0.25) is 0 Å². The van der Waals surface area contributed by atoms with E-state index in [4.69, 9.17) is 5.32 Å². The molecule has 4 aromatic carbocycles. The smallest absolute Gasteiger partial charge is 1.00 e. The van der Waals surface area contributed by atoms with E-state index in [0.717, 1.165) is 35.1 Å². The molecule has 0 fully saturated rings. The van der Waals surface area contributed by atoms with Crippen LogP contribution in [0.2, 0.25) is 0 Å². The van der Waals surface area contributed by atoms with Crippen LogP contribution in [0.1, 0.15) is 40.8 Å². The molecular weight excluding hydrogens is 589 g/mol. The third-order valence-electron chi connectivity index (χ3n) is 5.61. The molecule has 0 amide bonds. The van der Waals surface area contributed by atoms with Gasteiger partial charge in [-0.1, -0.05) is 108 Å². The number of hydrogen-bond acceptors (Lipinski definition) is 2. The predicted molar refractivity (Wildman–Crippen MR) is 137 cm³/mol. The van der Waals surface area contributed by atoms with Crippen molar-refractivity contribution in [3.8, 4) is 0 Å². The van der Waals surface area contributed by atoms with Crippen LogP contribution in [0.25, 0.3) is 10.0 Å². The first kappa shape index (κ1) is 30.5. The standard InChI is InChI=1S/C30H25N2O2S.ClH.Ru/c1-24-19-21-28(22-20-24)35(33,34)32-30(27-17-9-4-10-18-27)29(26-15-7-3-8-16-26)31-23-11-14-25-12-5-2-6-13-25;;/h3-4,7-10,15-22,29-30H,11,14,23H2,1H3;1H;/q-2;;+3/p-1/t29-,30-;;/m1../s1. The largest absolute Gasteiger partial charge is 3.00 e. The van der Waals surface area contributed by atoms with E-state index in [1.165, 1.54) is 0 Å². The zero-order chi connectivity index (χ0) is 24.5. The van der Waals surface area contributed by atoms with Crippen molar-refractivity contribution in [2.45, 2.75) is 36.7 Å². The first-order chi connectivity index (χ1) is 17.0. The molecule has 0 saturated carbocycles. The Kier molecular flexibility index (Phi) is 12.3. The van der Waals surface area contributed by atoms with E-state index >= 15 is 0 Å². The van der Waals surface area contributed by atoms with Crippen molar-refractivity contribution in [3.05, 3.63) is 148 Å². The molecule has 4 aromatic rings. The van der Waals surface area contributed by atoms with Crippen LogP contribution < -0.4 is 12.4 Å². The number of sulfonamides is 1. The number of nitrogens with zero attached hydrogens (tertiary/aromatic N) is 2. The van der Waals surface area contributed by atoms with E-state index < -0.39 is 22.1 Å². The molecule has 7 heteroatoms. The van der Waals surface area contributed by atoms with Crippen LogP contribution in [0.4, 0.5) is 0 Å². The van der Waals surface area contributed by atoms with Gasteiger partial charge in [0.15, 0.2) is 0 Å². The maximum Gasteiger partial charge on any atom is 3.00 e. The number of benzene rings is 3. The summed E-state index contributed by atoms with van der Waals surface area (Å²) in [6, 6.07) is 39.0. The first-order valence-corrected chi connectivity index (χ1v) is 12.9. The van der Waals surface area contributed by atoms with Gasteiger partial charge in [-0.3, -0.25) is 0 Å². The SMILES string of the molecule is Cc1ccc(S(=O)(=O)[N-][C@H](c2ccccc2)[C@H]([N-]CCCc2[c]c#cc#c2)c2ccccc2)cc1.[Cl-].[Ru+3]. The molecule has 0 saturated heterocycles. The van der Waals surface area contributed by atoms with Crippen LogP contribution in [-0.4, -0.2) is 15.0 Å². The Bertz CT molecular complexity index is 1290. The summed E-state index contributed by atoms with van der Waals surface area (Å²) in [5.41, 5.74) is 3.58. The fourth-order valence-corrected chi connectivity index (χ4v) is 4.93. The molecule has 0 aliphatic rings. The van der Waals surface area contributed by atoms with Crippen molar-refractivity contribution in [2.24, 2.45) is 0 Å².